The van der Waals surface area contributed by atoms with Crippen LogP contribution in [0.4, 0.5) is 0 Å². The van der Waals surface area contributed by atoms with E-state index < -0.39 is 22.2 Å². The molecule has 7 heteroatoms. The van der Waals surface area contributed by atoms with Crippen molar-refractivity contribution in [3.63, 3.8) is 0 Å². The van der Waals surface area contributed by atoms with Gasteiger partial charge in [0.2, 0.25) is 10.0 Å². The number of likely N-dealkylation sites (N-methyl/N-ethyl adjacent to an activating group) is 1. The van der Waals surface area contributed by atoms with E-state index in [9.17, 15) is 13.5 Å². The van der Waals surface area contributed by atoms with Crippen molar-refractivity contribution >= 4 is 10.0 Å². The first-order chi connectivity index (χ1) is 8.96. The number of aliphatic hydroxyl groups is 1. The number of nitriles is 1. The molecule has 1 aliphatic heterocycles. The molecule has 0 bridgehead atoms. The van der Waals surface area contributed by atoms with Gasteiger partial charge in [0, 0.05) is 20.1 Å². The average Bonchev–Trinajstić information content (AvgIpc) is 2.84. The fourth-order valence-electron chi connectivity index (χ4n) is 2.09. The van der Waals surface area contributed by atoms with Crippen LogP contribution in [0, 0.1) is 11.3 Å². The number of nitrogens with zero attached hydrogens (tertiary/aromatic N) is 2. The quantitative estimate of drug-likeness (QED) is 0.780. The monoisotopic (exact) mass is 281 g/mol. The van der Waals surface area contributed by atoms with Gasteiger partial charge >= 0.3 is 0 Å². The summed E-state index contributed by atoms with van der Waals surface area (Å²) in [5, 5.41) is 21.5. The molecule has 1 fully saturated rings. The van der Waals surface area contributed by atoms with E-state index in [1.807, 2.05) is 6.07 Å². The van der Waals surface area contributed by atoms with Crippen molar-refractivity contribution in [2.24, 2.45) is 0 Å². The Bertz CT molecular complexity index is 609. The van der Waals surface area contributed by atoms with Crippen molar-refractivity contribution in [1.29, 1.82) is 5.26 Å². The van der Waals surface area contributed by atoms with Gasteiger partial charge in [-0.25, -0.2) is 8.42 Å². The highest BCUT2D eigenvalue weighted by Gasteiger charge is 2.35. The minimum Gasteiger partial charge on any atom is -0.390 e. The summed E-state index contributed by atoms with van der Waals surface area (Å²) in [5.41, 5.74) is 0.291. The molecule has 0 aliphatic carbocycles. The molecule has 0 radical (unpaired) electrons. The highest BCUT2D eigenvalue weighted by atomic mass is 32.2. The maximum atomic E-state index is 12.4. The number of aliphatic hydroxyl groups excluding tert-OH is 1. The van der Waals surface area contributed by atoms with Crippen molar-refractivity contribution in [2.45, 2.75) is 17.0 Å². The normalized spacial score (nSPS) is 23.5. The van der Waals surface area contributed by atoms with Gasteiger partial charge in [0.05, 0.1) is 28.7 Å². The molecule has 0 saturated carbocycles. The first kappa shape index (κ1) is 14.0. The van der Waals surface area contributed by atoms with E-state index in [4.69, 9.17) is 5.26 Å². The third-order valence-electron chi connectivity index (χ3n) is 3.26. The zero-order valence-electron chi connectivity index (χ0n) is 10.4. The van der Waals surface area contributed by atoms with Crippen LogP contribution in [-0.2, 0) is 10.0 Å². The fraction of sp³-hybridized carbons (Fsp3) is 0.417. The number of hydrogen-bond acceptors (Lipinski definition) is 5. The van der Waals surface area contributed by atoms with Crippen LogP contribution >= 0.6 is 0 Å². The Morgan fingerprint density at radius 2 is 2.21 bits per heavy atom. The summed E-state index contributed by atoms with van der Waals surface area (Å²) in [6.07, 6.45) is -0.723. The molecule has 0 spiro atoms. The highest BCUT2D eigenvalue weighted by Crippen LogP contribution is 2.20. The Labute approximate surface area is 112 Å². The topological polar surface area (TPSA) is 93.4 Å². The van der Waals surface area contributed by atoms with Crippen LogP contribution in [0.15, 0.2) is 29.2 Å². The van der Waals surface area contributed by atoms with Crippen LogP contribution in [-0.4, -0.2) is 50.1 Å². The standard InChI is InChI=1S/C12H15N3O3S/c1-15(11-7-14-8-12(11)16)19(17,18)10-4-2-3-9(5-10)6-13/h2-5,11-12,14,16H,7-8H2,1H3/t11-,12-/m1/s1. The lowest BCUT2D eigenvalue weighted by Crippen LogP contribution is -2.44. The van der Waals surface area contributed by atoms with E-state index in [1.54, 1.807) is 6.07 Å². The van der Waals surface area contributed by atoms with Gasteiger partial charge in [-0.2, -0.15) is 9.57 Å². The second kappa shape index (κ2) is 5.27. The summed E-state index contributed by atoms with van der Waals surface area (Å²) in [5.74, 6) is 0. The number of β-amino-alcohol motifs (C(OH)–C–C–N with tert-alkyl or cyclic N) is 1. The van der Waals surface area contributed by atoms with Gasteiger partial charge in [-0.3, -0.25) is 0 Å². The molecule has 0 aromatic heterocycles. The smallest absolute Gasteiger partial charge is 0.243 e. The van der Waals surface area contributed by atoms with Gasteiger partial charge in [0.15, 0.2) is 0 Å². The molecule has 0 amide bonds. The van der Waals surface area contributed by atoms with Gasteiger partial charge in [-0.05, 0) is 18.2 Å². The number of rotatable bonds is 3. The third kappa shape index (κ3) is 2.62. The summed E-state index contributed by atoms with van der Waals surface area (Å²) in [6.45, 7) is 0.789. The molecule has 1 aromatic carbocycles. The van der Waals surface area contributed by atoms with Crippen LogP contribution in [0.5, 0.6) is 0 Å². The SMILES string of the molecule is CN([C@@H]1CNC[C@H]1O)S(=O)(=O)c1cccc(C#N)c1. The molecule has 1 aliphatic rings. The summed E-state index contributed by atoms with van der Waals surface area (Å²) >= 11 is 0. The average molecular weight is 281 g/mol. The zero-order chi connectivity index (χ0) is 14.0. The molecule has 2 rings (SSSR count). The minimum atomic E-state index is -3.71. The predicted octanol–water partition coefficient (Wildman–Crippen LogP) is -0.489. The molecule has 102 valence electrons. The molecular formula is C12H15N3O3S. The van der Waals surface area contributed by atoms with E-state index in [2.05, 4.69) is 5.32 Å². The number of benzene rings is 1. The number of sulfonamides is 1. The van der Waals surface area contributed by atoms with Gasteiger partial charge in [0.1, 0.15) is 0 Å². The maximum Gasteiger partial charge on any atom is 0.243 e. The van der Waals surface area contributed by atoms with Crippen LogP contribution in [0.25, 0.3) is 0 Å². The largest absolute Gasteiger partial charge is 0.390 e. The summed E-state index contributed by atoms with van der Waals surface area (Å²) < 4.78 is 26.0. The van der Waals surface area contributed by atoms with Crippen molar-refractivity contribution in [3.05, 3.63) is 29.8 Å². The minimum absolute atomic E-state index is 0.0631. The Morgan fingerprint density at radius 1 is 1.47 bits per heavy atom. The number of hydrogen-bond donors (Lipinski definition) is 2. The molecule has 1 saturated heterocycles. The van der Waals surface area contributed by atoms with Crippen molar-refractivity contribution in [2.75, 3.05) is 20.1 Å². The van der Waals surface area contributed by atoms with Gasteiger partial charge in [-0.1, -0.05) is 6.07 Å². The Morgan fingerprint density at radius 3 is 2.79 bits per heavy atom. The molecule has 1 aromatic rings. The second-order valence-corrected chi connectivity index (χ2v) is 6.45. The fourth-order valence-corrected chi connectivity index (χ4v) is 3.52. The predicted molar refractivity (Wildman–Crippen MR) is 68.8 cm³/mol. The number of nitrogens with one attached hydrogen (secondary N) is 1. The summed E-state index contributed by atoms with van der Waals surface area (Å²) in [6, 6.07) is 7.28. The Hall–Kier alpha value is -1.46. The van der Waals surface area contributed by atoms with Crippen molar-refractivity contribution < 1.29 is 13.5 Å². The van der Waals surface area contributed by atoms with Crippen molar-refractivity contribution in [3.8, 4) is 6.07 Å². The first-order valence-electron chi connectivity index (χ1n) is 5.84. The molecule has 2 N–H and O–H groups in total. The first-order valence-corrected chi connectivity index (χ1v) is 7.28. The summed E-state index contributed by atoms with van der Waals surface area (Å²) in [4.78, 5) is 0.0631. The third-order valence-corrected chi connectivity index (χ3v) is 5.14. The van der Waals surface area contributed by atoms with Gasteiger partial charge < -0.3 is 10.4 Å². The molecule has 1 heterocycles. The maximum absolute atomic E-state index is 12.4. The highest BCUT2D eigenvalue weighted by molar-refractivity contribution is 7.89. The van der Waals surface area contributed by atoms with Gasteiger partial charge in [-0.15, -0.1) is 0 Å². The summed E-state index contributed by atoms with van der Waals surface area (Å²) in [7, 11) is -2.27. The van der Waals surface area contributed by atoms with E-state index >= 15 is 0 Å². The van der Waals surface area contributed by atoms with Crippen LogP contribution in [0.2, 0.25) is 0 Å². The lowest BCUT2D eigenvalue weighted by molar-refractivity contribution is 0.136. The lowest BCUT2D eigenvalue weighted by Gasteiger charge is -2.25. The second-order valence-electron chi connectivity index (χ2n) is 4.45. The molecular weight excluding hydrogens is 266 g/mol. The van der Waals surface area contributed by atoms with E-state index in [0.29, 0.717) is 18.7 Å². The van der Waals surface area contributed by atoms with Crippen LogP contribution < -0.4 is 5.32 Å². The van der Waals surface area contributed by atoms with Gasteiger partial charge in [0.25, 0.3) is 0 Å². The van der Waals surface area contributed by atoms with Crippen molar-refractivity contribution in [1.82, 2.24) is 9.62 Å². The van der Waals surface area contributed by atoms with Crippen LogP contribution in [0.1, 0.15) is 5.56 Å². The van der Waals surface area contributed by atoms with E-state index in [-0.39, 0.29) is 4.90 Å². The van der Waals surface area contributed by atoms with E-state index in [1.165, 1.54) is 25.2 Å². The lowest BCUT2D eigenvalue weighted by atomic mass is 10.2. The van der Waals surface area contributed by atoms with E-state index in [0.717, 1.165) is 4.31 Å². The Kier molecular flexibility index (Phi) is 3.87. The molecule has 0 unspecified atom stereocenters. The van der Waals surface area contributed by atoms with Crippen LogP contribution in [0.3, 0.4) is 0 Å². The Balaban J connectivity index is 2.34. The zero-order valence-corrected chi connectivity index (χ0v) is 11.3. The molecule has 6 nitrogen and oxygen atoms in total. The molecule has 2 atom stereocenters. The molecule has 19 heavy (non-hydrogen) atoms.